The van der Waals surface area contributed by atoms with Crippen molar-refractivity contribution in [2.45, 2.75) is 43.5 Å². The second-order valence-corrected chi connectivity index (χ2v) is 8.85. The maximum absolute atomic E-state index is 11.9. The maximum atomic E-state index is 11.9. The molecule has 0 heterocycles. The first kappa shape index (κ1) is 24.6. The van der Waals surface area contributed by atoms with Crippen LogP contribution in [-0.2, 0) is 11.3 Å². The lowest BCUT2D eigenvalue weighted by atomic mass is 9.95. The Morgan fingerprint density at radius 2 is 2.00 bits per heavy atom. The molecule has 2 rings (SSSR count). The summed E-state index contributed by atoms with van der Waals surface area (Å²) < 4.78 is 1.06. The van der Waals surface area contributed by atoms with Crippen LogP contribution >= 0.6 is 51.7 Å². The fraction of sp³-hybridized carbons (Fsp3) is 0.579. The van der Waals surface area contributed by atoms with Crippen LogP contribution < -0.4 is 10.6 Å². The first-order chi connectivity index (χ1) is 12.5. The zero-order chi connectivity index (χ0) is 18.9. The number of hydrogen-bond donors (Lipinski definition) is 2. The molecule has 2 unspecified atom stereocenters. The van der Waals surface area contributed by atoms with Crippen molar-refractivity contribution < 1.29 is 4.79 Å². The maximum Gasteiger partial charge on any atom is 0.241 e. The molecule has 1 amide bonds. The minimum absolute atomic E-state index is 0. The predicted octanol–water partition coefficient (Wildman–Crippen LogP) is 3.86. The van der Waals surface area contributed by atoms with Gasteiger partial charge in [0.25, 0.3) is 0 Å². The molecular formula is C19H30BrIN4OS. The van der Waals surface area contributed by atoms with Gasteiger partial charge in [0.05, 0.1) is 13.1 Å². The molecule has 0 bridgehead atoms. The zero-order valence-electron chi connectivity index (χ0n) is 16.2. The number of aliphatic imine (C=N–C) groups is 1. The van der Waals surface area contributed by atoms with Gasteiger partial charge in [-0.05, 0) is 43.2 Å². The number of nitrogens with zero attached hydrogens (tertiary/aromatic N) is 2. The molecule has 8 heteroatoms. The zero-order valence-corrected chi connectivity index (χ0v) is 20.9. The van der Waals surface area contributed by atoms with Gasteiger partial charge in [0, 0.05) is 29.9 Å². The molecule has 2 N–H and O–H groups in total. The second kappa shape index (κ2) is 12.9. The van der Waals surface area contributed by atoms with E-state index in [1.807, 2.05) is 23.9 Å². The summed E-state index contributed by atoms with van der Waals surface area (Å²) in [6, 6.07) is 8.56. The average molecular weight is 569 g/mol. The highest BCUT2D eigenvalue weighted by atomic mass is 127. The van der Waals surface area contributed by atoms with Crippen LogP contribution in [-0.4, -0.2) is 55.0 Å². The van der Waals surface area contributed by atoms with E-state index in [0.717, 1.165) is 28.8 Å². The van der Waals surface area contributed by atoms with Gasteiger partial charge in [0.1, 0.15) is 0 Å². The van der Waals surface area contributed by atoms with Crippen molar-refractivity contribution in [3.8, 4) is 0 Å². The standard InChI is InChI=1S/C19H29BrN4OS.HI/c1-24(2)18(25)13-22-19(21-12-14-7-9-15(20)10-8-14)23-16-5-4-6-17(11-16)26-3;/h7-10,16-17H,4-6,11-13H2,1-3H3,(H2,21,22,23);1H. The van der Waals surface area contributed by atoms with E-state index in [2.05, 4.69) is 45.0 Å². The van der Waals surface area contributed by atoms with Gasteiger partial charge in [-0.1, -0.05) is 34.5 Å². The summed E-state index contributed by atoms with van der Waals surface area (Å²) in [6.45, 7) is 0.829. The number of guanidine groups is 1. The van der Waals surface area contributed by atoms with Crippen LogP contribution in [0.3, 0.4) is 0 Å². The molecule has 0 saturated heterocycles. The van der Waals surface area contributed by atoms with E-state index in [0.29, 0.717) is 17.8 Å². The van der Waals surface area contributed by atoms with Gasteiger partial charge in [-0.25, -0.2) is 4.99 Å². The van der Waals surface area contributed by atoms with Gasteiger partial charge >= 0.3 is 0 Å². The van der Waals surface area contributed by atoms with Crippen molar-refractivity contribution in [3.05, 3.63) is 34.3 Å². The van der Waals surface area contributed by atoms with Crippen LogP contribution in [0.1, 0.15) is 31.2 Å². The number of likely N-dealkylation sites (N-methyl/N-ethyl adjacent to an activating group) is 1. The molecule has 0 aromatic heterocycles. The van der Waals surface area contributed by atoms with Crippen LogP contribution in [0.15, 0.2) is 33.7 Å². The van der Waals surface area contributed by atoms with Crippen LogP contribution in [0.4, 0.5) is 0 Å². The summed E-state index contributed by atoms with van der Waals surface area (Å²) in [5.41, 5.74) is 1.14. The van der Waals surface area contributed by atoms with Crippen LogP contribution in [0.5, 0.6) is 0 Å². The Balaban J connectivity index is 0.00000364. The van der Waals surface area contributed by atoms with E-state index in [1.54, 1.807) is 19.0 Å². The molecule has 27 heavy (non-hydrogen) atoms. The Bertz CT molecular complexity index is 612. The van der Waals surface area contributed by atoms with E-state index in [4.69, 9.17) is 4.99 Å². The summed E-state index contributed by atoms with van der Waals surface area (Å²) in [5, 5.41) is 7.44. The average Bonchev–Trinajstić information content (AvgIpc) is 2.65. The molecule has 1 aliphatic rings. The van der Waals surface area contributed by atoms with Crippen molar-refractivity contribution in [1.82, 2.24) is 15.5 Å². The molecule has 0 radical (unpaired) electrons. The Hall–Kier alpha value is -0.480. The minimum atomic E-state index is 0. The van der Waals surface area contributed by atoms with Gasteiger partial charge in [-0.15, -0.1) is 24.0 Å². The molecule has 0 aliphatic heterocycles. The molecule has 152 valence electrons. The molecule has 1 aromatic carbocycles. The number of halogens is 2. The molecule has 1 aromatic rings. The number of carbonyl (C=O) groups excluding carboxylic acids is 1. The smallest absolute Gasteiger partial charge is 0.241 e. The van der Waals surface area contributed by atoms with Crippen molar-refractivity contribution in [3.63, 3.8) is 0 Å². The minimum Gasteiger partial charge on any atom is -0.354 e. The lowest BCUT2D eigenvalue weighted by Gasteiger charge is -2.30. The fourth-order valence-electron chi connectivity index (χ4n) is 2.91. The quantitative estimate of drug-likeness (QED) is 0.311. The number of carbonyl (C=O) groups is 1. The Morgan fingerprint density at radius 3 is 2.63 bits per heavy atom. The summed E-state index contributed by atoms with van der Waals surface area (Å²) in [5.74, 6) is 0.753. The third-order valence-corrected chi connectivity index (χ3v) is 6.16. The Morgan fingerprint density at radius 1 is 1.30 bits per heavy atom. The van der Waals surface area contributed by atoms with Gasteiger partial charge in [0.15, 0.2) is 5.96 Å². The van der Waals surface area contributed by atoms with Gasteiger partial charge in [-0.3, -0.25) is 4.79 Å². The highest BCUT2D eigenvalue weighted by Gasteiger charge is 2.22. The highest BCUT2D eigenvalue weighted by molar-refractivity contribution is 14.0. The summed E-state index contributed by atoms with van der Waals surface area (Å²) in [4.78, 5) is 18.2. The topological polar surface area (TPSA) is 56.7 Å². The molecule has 2 atom stereocenters. The molecule has 0 spiro atoms. The largest absolute Gasteiger partial charge is 0.354 e. The molecule has 1 fully saturated rings. The van der Waals surface area contributed by atoms with Crippen molar-refractivity contribution >= 4 is 63.5 Å². The van der Waals surface area contributed by atoms with Crippen molar-refractivity contribution in [1.29, 1.82) is 0 Å². The number of amides is 1. The van der Waals surface area contributed by atoms with Gasteiger partial charge < -0.3 is 15.5 Å². The Labute approximate surface area is 192 Å². The van der Waals surface area contributed by atoms with E-state index in [-0.39, 0.29) is 36.4 Å². The molecule has 1 aliphatic carbocycles. The number of rotatable bonds is 6. The van der Waals surface area contributed by atoms with Crippen molar-refractivity contribution in [2.75, 3.05) is 26.9 Å². The van der Waals surface area contributed by atoms with E-state index >= 15 is 0 Å². The summed E-state index contributed by atoms with van der Waals surface area (Å²) in [6.07, 6.45) is 7.00. The van der Waals surface area contributed by atoms with E-state index in [9.17, 15) is 4.79 Å². The SMILES string of the molecule is CSC1CCCC(NC(=NCc2ccc(Br)cc2)NCC(=O)N(C)C)C1.I. The highest BCUT2D eigenvalue weighted by Crippen LogP contribution is 2.26. The van der Waals surface area contributed by atoms with Crippen LogP contribution in [0.25, 0.3) is 0 Å². The molecule has 5 nitrogen and oxygen atoms in total. The van der Waals surface area contributed by atoms with E-state index in [1.165, 1.54) is 12.8 Å². The fourth-order valence-corrected chi connectivity index (χ4v) is 4.01. The first-order valence-electron chi connectivity index (χ1n) is 9.00. The first-order valence-corrected chi connectivity index (χ1v) is 11.1. The second-order valence-electron chi connectivity index (χ2n) is 6.80. The van der Waals surface area contributed by atoms with Crippen LogP contribution in [0, 0.1) is 0 Å². The summed E-state index contributed by atoms with van der Waals surface area (Å²) in [7, 11) is 3.53. The Kier molecular flexibility index (Phi) is 11.7. The monoisotopic (exact) mass is 568 g/mol. The number of benzene rings is 1. The van der Waals surface area contributed by atoms with Crippen molar-refractivity contribution in [2.24, 2.45) is 4.99 Å². The lowest BCUT2D eigenvalue weighted by Crippen LogP contribution is -2.48. The predicted molar refractivity (Wildman–Crippen MR) is 130 cm³/mol. The molecular weight excluding hydrogens is 539 g/mol. The number of thioether (sulfide) groups is 1. The number of hydrogen-bond acceptors (Lipinski definition) is 3. The van der Waals surface area contributed by atoms with Gasteiger partial charge in [-0.2, -0.15) is 11.8 Å². The third kappa shape index (κ3) is 9.04. The molecule has 1 saturated carbocycles. The normalized spacial score (nSPS) is 19.8. The van der Waals surface area contributed by atoms with E-state index < -0.39 is 0 Å². The summed E-state index contributed by atoms with van der Waals surface area (Å²) >= 11 is 5.40. The third-order valence-electron chi connectivity index (χ3n) is 4.54. The van der Waals surface area contributed by atoms with Gasteiger partial charge in [0.2, 0.25) is 5.91 Å². The lowest BCUT2D eigenvalue weighted by molar-refractivity contribution is -0.127. The van der Waals surface area contributed by atoms with Crippen LogP contribution in [0.2, 0.25) is 0 Å². The number of nitrogens with one attached hydrogen (secondary N) is 2.